The van der Waals surface area contributed by atoms with Gasteiger partial charge in [0.15, 0.2) is 0 Å². The van der Waals surface area contributed by atoms with Crippen LogP contribution >= 0.6 is 11.3 Å². The van der Waals surface area contributed by atoms with Crippen LogP contribution in [0.4, 0.5) is 13.2 Å². The Morgan fingerprint density at radius 2 is 1.81 bits per heavy atom. The molecule has 0 aliphatic carbocycles. The van der Waals surface area contributed by atoms with E-state index in [0.29, 0.717) is 21.7 Å². The third-order valence-electron chi connectivity index (χ3n) is 6.68. The maximum Gasteiger partial charge on any atom is 0.416 e. The number of thiophene rings is 1. The highest BCUT2D eigenvalue weighted by molar-refractivity contribution is 7.21. The van der Waals surface area contributed by atoms with Gasteiger partial charge in [0.2, 0.25) is 5.78 Å². The minimum absolute atomic E-state index is 0.0740. The Hall–Kier alpha value is -3.36. The van der Waals surface area contributed by atoms with Crippen molar-refractivity contribution in [2.24, 2.45) is 5.92 Å². The summed E-state index contributed by atoms with van der Waals surface area (Å²) in [4.78, 5) is 16.2. The van der Waals surface area contributed by atoms with Crippen LogP contribution < -0.4 is 4.74 Å². The molecular formula is C29H26F3NO3S. The fraction of sp³-hybridized carbons (Fsp3) is 0.276. The molecule has 1 fully saturated rings. The summed E-state index contributed by atoms with van der Waals surface area (Å²) in [5.74, 6) is 1.15. The minimum Gasteiger partial charge on any atom is -0.508 e. The molecule has 4 nitrogen and oxygen atoms in total. The summed E-state index contributed by atoms with van der Waals surface area (Å²) in [7, 11) is 0. The van der Waals surface area contributed by atoms with Crippen molar-refractivity contribution in [3.63, 3.8) is 0 Å². The summed E-state index contributed by atoms with van der Waals surface area (Å²) < 4.78 is 45.6. The predicted octanol–water partition coefficient (Wildman–Crippen LogP) is 7.24. The van der Waals surface area contributed by atoms with Crippen molar-refractivity contribution in [1.82, 2.24) is 4.90 Å². The molecule has 1 atom stereocenters. The first-order valence-electron chi connectivity index (χ1n) is 12.1. The third kappa shape index (κ3) is 5.50. The van der Waals surface area contributed by atoms with Crippen LogP contribution in [0.2, 0.25) is 0 Å². The summed E-state index contributed by atoms with van der Waals surface area (Å²) in [6, 6.07) is 16.6. The molecule has 4 aromatic rings. The quantitative estimate of drug-likeness (QED) is 0.258. The lowest BCUT2D eigenvalue weighted by Crippen LogP contribution is -2.25. The summed E-state index contributed by atoms with van der Waals surface area (Å²) in [6.07, 6.45) is -3.26. The normalized spacial score (nSPS) is 16.4. The average molecular weight is 526 g/mol. The first-order valence-corrected chi connectivity index (χ1v) is 12.9. The number of carbonyl (C=O) groups is 1. The van der Waals surface area contributed by atoms with Gasteiger partial charge in [0.1, 0.15) is 18.1 Å². The second-order valence-corrected chi connectivity index (χ2v) is 10.5. The van der Waals surface area contributed by atoms with Crippen molar-refractivity contribution in [2.45, 2.75) is 19.5 Å². The molecule has 0 bridgehead atoms. The van der Waals surface area contributed by atoms with E-state index in [0.717, 1.165) is 54.4 Å². The van der Waals surface area contributed by atoms with Gasteiger partial charge >= 0.3 is 6.18 Å². The number of carbonyl (C=O) groups excluding carboxylic acids is 1. The van der Waals surface area contributed by atoms with Crippen molar-refractivity contribution in [2.75, 3.05) is 26.2 Å². The lowest BCUT2D eigenvalue weighted by Gasteiger charge is -2.15. The highest BCUT2D eigenvalue weighted by Crippen LogP contribution is 2.42. The number of rotatable bonds is 7. The molecule has 1 N–H and O–H groups in total. The first kappa shape index (κ1) is 25.3. The lowest BCUT2D eigenvalue weighted by atomic mass is 9.97. The molecule has 5 rings (SSSR count). The van der Waals surface area contributed by atoms with Crippen LogP contribution in [0.3, 0.4) is 0 Å². The number of ether oxygens (including phenoxy) is 1. The van der Waals surface area contributed by atoms with Gasteiger partial charge in [-0.15, -0.1) is 11.3 Å². The summed E-state index contributed by atoms with van der Waals surface area (Å²) in [5, 5.41) is 10.8. The van der Waals surface area contributed by atoms with E-state index in [1.807, 2.05) is 24.3 Å². The van der Waals surface area contributed by atoms with E-state index in [2.05, 4.69) is 11.8 Å². The number of halogens is 3. The number of phenols is 1. The zero-order valence-corrected chi connectivity index (χ0v) is 21.0. The number of phenolic OH excluding ortho intramolecular Hbond substituents is 1. The third-order valence-corrected chi connectivity index (χ3v) is 7.83. The number of fused-ring (bicyclic) bond motifs is 1. The van der Waals surface area contributed by atoms with E-state index in [1.54, 1.807) is 18.2 Å². The number of aromatic hydroxyl groups is 1. The smallest absolute Gasteiger partial charge is 0.416 e. The number of hydrogen-bond acceptors (Lipinski definition) is 5. The van der Waals surface area contributed by atoms with Crippen molar-refractivity contribution in [1.29, 1.82) is 0 Å². The Labute approximate surface area is 216 Å². The number of ketones is 1. The van der Waals surface area contributed by atoms with Gasteiger partial charge in [-0.3, -0.25) is 9.69 Å². The topological polar surface area (TPSA) is 49.8 Å². The molecule has 2 heterocycles. The fourth-order valence-corrected chi connectivity index (χ4v) is 5.93. The highest BCUT2D eigenvalue weighted by atomic mass is 32.1. The van der Waals surface area contributed by atoms with E-state index in [4.69, 9.17) is 4.74 Å². The molecule has 0 unspecified atom stereocenters. The molecule has 0 radical (unpaired) electrons. The van der Waals surface area contributed by atoms with Crippen LogP contribution in [0.5, 0.6) is 11.5 Å². The summed E-state index contributed by atoms with van der Waals surface area (Å²) >= 11 is 1.21. The molecule has 0 amide bonds. The van der Waals surface area contributed by atoms with Crippen LogP contribution in [-0.2, 0) is 6.18 Å². The van der Waals surface area contributed by atoms with Crippen molar-refractivity contribution < 1.29 is 27.8 Å². The monoisotopic (exact) mass is 525 g/mol. The SMILES string of the molecule is C[C@H]1CCN(CCOc2ccc(-c3c(C(=O)c4ccc(C(F)(F)F)cc4)sc4cc(O)ccc34)cc2)C1. The standard InChI is InChI=1S/C29H26F3NO3S/c1-18-12-13-33(17-18)14-15-36-23-9-4-19(5-10-23)26-24-11-8-22(34)16-25(24)37-28(26)27(35)20-2-6-21(7-3-20)29(30,31)32/h2-11,16,18,34H,12-15,17H2,1H3/t18-/m0/s1. The van der Waals surface area contributed by atoms with E-state index >= 15 is 0 Å². The molecule has 1 saturated heterocycles. The molecule has 3 aromatic carbocycles. The predicted molar refractivity (Wildman–Crippen MR) is 140 cm³/mol. The van der Waals surface area contributed by atoms with Gasteiger partial charge in [-0.25, -0.2) is 0 Å². The van der Waals surface area contributed by atoms with Crippen LogP contribution in [0.1, 0.15) is 34.1 Å². The number of nitrogens with zero attached hydrogens (tertiary/aromatic N) is 1. The number of alkyl halides is 3. The Morgan fingerprint density at radius 1 is 1.08 bits per heavy atom. The van der Waals surface area contributed by atoms with Crippen LogP contribution in [0.15, 0.2) is 66.7 Å². The van der Waals surface area contributed by atoms with Gasteiger partial charge in [-0.2, -0.15) is 13.2 Å². The molecule has 1 aromatic heterocycles. The van der Waals surface area contributed by atoms with Crippen molar-refractivity contribution >= 4 is 27.2 Å². The Morgan fingerprint density at radius 3 is 2.46 bits per heavy atom. The van der Waals surface area contributed by atoms with Crippen LogP contribution in [-0.4, -0.2) is 42.0 Å². The van der Waals surface area contributed by atoms with Crippen LogP contribution in [0, 0.1) is 5.92 Å². The van der Waals surface area contributed by atoms with Gasteiger partial charge in [-0.05, 0) is 66.9 Å². The molecule has 37 heavy (non-hydrogen) atoms. The maximum absolute atomic E-state index is 13.5. The molecule has 192 valence electrons. The second-order valence-electron chi connectivity index (χ2n) is 9.46. The van der Waals surface area contributed by atoms with Gasteiger partial charge in [-0.1, -0.05) is 31.2 Å². The lowest BCUT2D eigenvalue weighted by molar-refractivity contribution is -0.137. The number of benzene rings is 3. The Balaban J connectivity index is 1.42. The zero-order chi connectivity index (χ0) is 26.2. The highest BCUT2D eigenvalue weighted by Gasteiger charge is 2.30. The second kappa shape index (κ2) is 10.2. The minimum atomic E-state index is -4.47. The molecule has 1 aliphatic heterocycles. The first-order chi connectivity index (χ1) is 17.7. The molecule has 8 heteroatoms. The molecule has 0 saturated carbocycles. The Kier molecular flexibility index (Phi) is 6.96. The maximum atomic E-state index is 13.5. The van der Waals surface area contributed by atoms with Crippen LogP contribution in [0.25, 0.3) is 21.2 Å². The average Bonchev–Trinajstić information content (AvgIpc) is 3.46. The summed E-state index contributed by atoms with van der Waals surface area (Å²) in [5.41, 5.74) is 0.831. The molecule has 0 spiro atoms. The molecule has 1 aliphatic rings. The van der Waals surface area contributed by atoms with Crippen molar-refractivity contribution in [3.05, 3.63) is 82.7 Å². The number of hydrogen-bond donors (Lipinski definition) is 1. The van der Waals surface area contributed by atoms with E-state index in [9.17, 15) is 23.1 Å². The van der Waals surface area contributed by atoms with E-state index in [-0.39, 0.29) is 17.1 Å². The zero-order valence-electron chi connectivity index (χ0n) is 20.2. The van der Waals surface area contributed by atoms with Gasteiger partial charge in [0.05, 0.1) is 10.4 Å². The fourth-order valence-electron chi connectivity index (χ4n) is 4.71. The van der Waals surface area contributed by atoms with Crippen molar-refractivity contribution in [3.8, 4) is 22.6 Å². The van der Waals surface area contributed by atoms with E-state index in [1.165, 1.54) is 29.9 Å². The summed E-state index contributed by atoms with van der Waals surface area (Å²) in [6.45, 7) is 5.91. The molecular weight excluding hydrogens is 499 g/mol. The largest absolute Gasteiger partial charge is 0.508 e. The number of likely N-dealkylation sites (tertiary alicyclic amines) is 1. The van der Waals surface area contributed by atoms with Gasteiger partial charge in [0.25, 0.3) is 0 Å². The Bertz CT molecular complexity index is 1410. The van der Waals surface area contributed by atoms with E-state index < -0.39 is 11.7 Å². The van der Waals surface area contributed by atoms with Gasteiger partial charge < -0.3 is 9.84 Å². The van der Waals surface area contributed by atoms with Gasteiger partial charge in [0, 0.05) is 34.3 Å².